The van der Waals surface area contributed by atoms with Crippen molar-refractivity contribution in [2.45, 2.75) is 19.9 Å². The molecule has 0 radical (unpaired) electrons. The summed E-state index contributed by atoms with van der Waals surface area (Å²) in [6, 6.07) is 8.40. The van der Waals surface area contributed by atoms with Crippen LogP contribution in [0.25, 0.3) is 0 Å². The smallest absolute Gasteiger partial charge is 0.261 e. The highest BCUT2D eigenvalue weighted by molar-refractivity contribution is 7.12. The first kappa shape index (κ1) is 12.8. The van der Waals surface area contributed by atoms with Gasteiger partial charge >= 0.3 is 0 Å². The van der Waals surface area contributed by atoms with Gasteiger partial charge in [-0.15, -0.1) is 11.3 Å². The Bertz CT molecular complexity index is 551. The fourth-order valence-corrected chi connectivity index (χ4v) is 2.26. The third-order valence-electron chi connectivity index (χ3n) is 2.79. The number of thiophene rings is 1. The van der Waals surface area contributed by atoms with E-state index in [1.54, 1.807) is 19.1 Å². The fraction of sp³-hybridized carbons (Fsp3) is 0.214. The summed E-state index contributed by atoms with van der Waals surface area (Å²) in [6.45, 7) is 3.56. The van der Waals surface area contributed by atoms with Crippen molar-refractivity contribution in [2.24, 2.45) is 0 Å². The maximum Gasteiger partial charge on any atom is 0.261 e. The molecule has 0 aliphatic rings. The number of rotatable bonds is 3. The zero-order valence-electron chi connectivity index (χ0n) is 10.2. The first-order valence-corrected chi connectivity index (χ1v) is 6.56. The van der Waals surface area contributed by atoms with Crippen molar-refractivity contribution in [3.05, 3.63) is 57.5 Å². The highest BCUT2D eigenvalue weighted by atomic mass is 32.1. The van der Waals surface area contributed by atoms with Gasteiger partial charge < -0.3 is 5.32 Å². The summed E-state index contributed by atoms with van der Waals surface area (Å²) in [5, 5.41) is 4.70. The predicted octanol–water partition coefficient (Wildman–Crippen LogP) is 3.69. The van der Waals surface area contributed by atoms with Crippen molar-refractivity contribution < 1.29 is 9.18 Å². The average Bonchev–Trinajstić information content (AvgIpc) is 2.86. The van der Waals surface area contributed by atoms with Crippen molar-refractivity contribution in [3.8, 4) is 0 Å². The van der Waals surface area contributed by atoms with E-state index < -0.39 is 0 Å². The minimum Gasteiger partial charge on any atom is -0.345 e. The third kappa shape index (κ3) is 2.76. The molecule has 2 rings (SSSR count). The number of carbonyl (C=O) groups is 1. The lowest BCUT2D eigenvalue weighted by atomic mass is 10.1. The summed E-state index contributed by atoms with van der Waals surface area (Å²) in [4.78, 5) is 12.5. The number of benzene rings is 1. The molecule has 1 aromatic carbocycles. The fourth-order valence-electron chi connectivity index (χ4n) is 1.64. The third-order valence-corrected chi connectivity index (χ3v) is 3.66. The van der Waals surface area contributed by atoms with Crippen LogP contribution in [0.2, 0.25) is 0 Å². The van der Waals surface area contributed by atoms with E-state index in [4.69, 9.17) is 0 Å². The predicted molar refractivity (Wildman–Crippen MR) is 71.3 cm³/mol. The Morgan fingerprint density at radius 3 is 2.78 bits per heavy atom. The van der Waals surface area contributed by atoms with Gasteiger partial charge in [0.1, 0.15) is 5.82 Å². The van der Waals surface area contributed by atoms with Crippen LogP contribution in [0, 0.1) is 12.7 Å². The first-order valence-electron chi connectivity index (χ1n) is 5.68. The molecule has 1 N–H and O–H groups in total. The molecule has 1 aromatic heterocycles. The van der Waals surface area contributed by atoms with Gasteiger partial charge in [0.25, 0.3) is 5.91 Å². The zero-order valence-corrected chi connectivity index (χ0v) is 11.1. The van der Waals surface area contributed by atoms with Gasteiger partial charge in [-0.3, -0.25) is 4.79 Å². The van der Waals surface area contributed by atoms with E-state index in [1.165, 1.54) is 17.4 Å². The molecule has 2 aromatic rings. The lowest BCUT2D eigenvalue weighted by Gasteiger charge is -2.14. The van der Waals surface area contributed by atoms with Crippen LogP contribution < -0.4 is 5.32 Å². The summed E-state index contributed by atoms with van der Waals surface area (Å²) < 4.78 is 13.4. The van der Waals surface area contributed by atoms with Gasteiger partial charge in [-0.2, -0.15) is 0 Å². The van der Waals surface area contributed by atoms with E-state index in [0.717, 1.165) is 5.56 Å². The normalized spacial score (nSPS) is 12.2. The SMILES string of the molecule is Cc1ccc(C(C)NC(=O)c2cccs2)cc1F. The van der Waals surface area contributed by atoms with Crippen LogP contribution in [-0.4, -0.2) is 5.91 Å². The first-order chi connectivity index (χ1) is 8.58. The molecule has 0 aliphatic carbocycles. The second kappa shape index (κ2) is 5.31. The molecule has 1 unspecified atom stereocenters. The van der Waals surface area contributed by atoms with Gasteiger partial charge in [0.2, 0.25) is 0 Å². The Hall–Kier alpha value is -1.68. The van der Waals surface area contributed by atoms with Gasteiger partial charge in [0.05, 0.1) is 10.9 Å². The maximum atomic E-state index is 13.4. The van der Waals surface area contributed by atoms with Gasteiger partial charge in [-0.25, -0.2) is 4.39 Å². The molecule has 2 nitrogen and oxygen atoms in total. The van der Waals surface area contributed by atoms with Crippen LogP contribution in [0.5, 0.6) is 0 Å². The molecule has 0 bridgehead atoms. The molecule has 18 heavy (non-hydrogen) atoms. The molecule has 1 amide bonds. The molecule has 0 spiro atoms. The molecule has 4 heteroatoms. The van der Waals surface area contributed by atoms with Crippen molar-refractivity contribution in [3.63, 3.8) is 0 Å². The van der Waals surface area contributed by atoms with E-state index in [2.05, 4.69) is 5.32 Å². The number of hydrogen-bond donors (Lipinski definition) is 1. The van der Waals surface area contributed by atoms with Crippen LogP contribution in [0.4, 0.5) is 4.39 Å². The second-order valence-corrected chi connectivity index (χ2v) is 5.13. The Morgan fingerprint density at radius 2 is 2.17 bits per heavy atom. The van der Waals surface area contributed by atoms with Gasteiger partial charge in [-0.1, -0.05) is 18.2 Å². The molecule has 0 saturated heterocycles. The van der Waals surface area contributed by atoms with Crippen LogP contribution in [0.1, 0.15) is 33.8 Å². The van der Waals surface area contributed by atoms with E-state index in [9.17, 15) is 9.18 Å². The van der Waals surface area contributed by atoms with E-state index in [1.807, 2.05) is 24.4 Å². The Kier molecular flexibility index (Phi) is 3.77. The highest BCUT2D eigenvalue weighted by Crippen LogP contribution is 2.17. The number of carbonyl (C=O) groups excluding carboxylic acids is 1. The maximum absolute atomic E-state index is 13.4. The Labute approximate surface area is 109 Å². The molecule has 0 aliphatic heterocycles. The van der Waals surface area contributed by atoms with Gasteiger partial charge in [-0.05, 0) is 42.5 Å². The molecule has 1 heterocycles. The minimum absolute atomic E-state index is 0.126. The Morgan fingerprint density at radius 1 is 1.39 bits per heavy atom. The van der Waals surface area contributed by atoms with Crippen molar-refractivity contribution in [1.29, 1.82) is 0 Å². The second-order valence-electron chi connectivity index (χ2n) is 4.18. The van der Waals surface area contributed by atoms with E-state index in [-0.39, 0.29) is 17.8 Å². The largest absolute Gasteiger partial charge is 0.345 e. The summed E-state index contributed by atoms with van der Waals surface area (Å²) >= 11 is 1.39. The highest BCUT2D eigenvalue weighted by Gasteiger charge is 2.13. The van der Waals surface area contributed by atoms with Crippen LogP contribution >= 0.6 is 11.3 Å². The van der Waals surface area contributed by atoms with Gasteiger partial charge in [0, 0.05) is 0 Å². The summed E-state index contributed by atoms with van der Waals surface area (Å²) in [7, 11) is 0. The topological polar surface area (TPSA) is 29.1 Å². The summed E-state index contributed by atoms with van der Waals surface area (Å²) in [6.07, 6.45) is 0. The van der Waals surface area contributed by atoms with E-state index in [0.29, 0.717) is 10.4 Å². The number of hydrogen-bond acceptors (Lipinski definition) is 2. The number of nitrogens with one attached hydrogen (secondary N) is 1. The van der Waals surface area contributed by atoms with E-state index >= 15 is 0 Å². The zero-order chi connectivity index (χ0) is 13.1. The van der Waals surface area contributed by atoms with Crippen LogP contribution in [0.3, 0.4) is 0 Å². The monoisotopic (exact) mass is 263 g/mol. The van der Waals surface area contributed by atoms with Crippen LogP contribution in [-0.2, 0) is 0 Å². The number of aryl methyl sites for hydroxylation is 1. The van der Waals surface area contributed by atoms with Crippen LogP contribution in [0.15, 0.2) is 35.7 Å². The number of halogens is 1. The summed E-state index contributed by atoms with van der Waals surface area (Å²) in [5.41, 5.74) is 1.37. The Balaban J connectivity index is 2.10. The molecule has 0 saturated carbocycles. The minimum atomic E-state index is -0.246. The molecular formula is C14H14FNOS. The molecule has 94 valence electrons. The van der Waals surface area contributed by atoms with Crippen molar-refractivity contribution in [1.82, 2.24) is 5.32 Å². The molecule has 0 fully saturated rings. The van der Waals surface area contributed by atoms with Crippen molar-refractivity contribution in [2.75, 3.05) is 0 Å². The number of amides is 1. The lowest BCUT2D eigenvalue weighted by Crippen LogP contribution is -2.25. The lowest BCUT2D eigenvalue weighted by molar-refractivity contribution is 0.0944. The van der Waals surface area contributed by atoms with Crippen molar-refractivity contribution >= 4 is 17.2 Å². The average molecular weight is 263 g/mol. The van der Waals surface area contributed by atoms with Gasteiger partial charge in [0.15, 0.2) is 0 Å². The molecular weight excluding hydrogens is 249 g/mol. The molecule has 1 atom stereocenters. The standard InChI is InChI=1S/C14H14FNOS/c1-9-5-6-11(8-12(9)15)10(2)16-14(17)13-4-3-7-18-13/h3-8,10H,1-2H3,(H,16,17). The quantitative estimate of drug-likeness (QED) is 0.899. The summed E-state index contributed by atoms with van der Waals surface area (Å²) in [5.74, 6) is -0.372.